The number of fused-ring (bicyclic) bond motifs is 1. The zero-order valence-electron chi connectivity index (χ0n) is 12.9. The number of carbonyl (C=O) groups is 2. The molecule has 2 aliphatic carbocycles. The van der Waals surface area contributed by atoms with Gasteiger partial charge in [0.1, 0.15) is 5.76 Å². The molecule has 0 radical (unpaired) electrons. The predicted octanol–water partition coefficient (Wildman–Crippen LogP) is 3.59. The quantitative estimate of drug-likeness (QED) is 0.779. The molecule has 0 heterocycles. The average molecular weight is 284 g/mol. The van der Waals surface area contributed by atoms with Gasteiger partial charge in [-0.05, 0) is 49.4 Å². The van der Waals surface area contributed by atoms with Crippen LogP contribution in [0.15, 0.2) is 30.0 Å². The standard InChI is InChI=1S/C18H20O3/c1-10-5-6-12(7-11(10)2)17(20)21-16-9-15(19)13-8-14(13)18(16,3)4/h5-7,9,13-14H,8H2,1-4H3. The number of esters is 1. The summed E-state index contributed by atoms with van der Waals surface area (Å²) in [4.78, 5) is 24.2. The zero-order valence-corrected chi connectivity index (χ0v) is 12.9. The summed E-state index contributed by atoms with van der Waals surface area (Å²) in [5.74, 6) is 0.683. The lowest BCUT2D eigenvalue weighted by atomic mass is 9.79. The highest BCUT2D eigenvalue weighted by molar-refractivity contribution is 5.97. The molecule has 0 aromatic heterocycles. The Labute approximate surface area is 125 Å². The molecule has 3 nitrogen and oxygen atoms in total. The summed E-state index contributed by atoms with van der Waals surface area (Å²) >= 11 is 0. The van der Waals surface area contributed by atoms with Gasteiger partial charge < -0.3 is 4.74 Å². The predicted molar refractivity (Wildman–Crippen MR) is 79.8 cm³/mol. The Morgan fingerprint density at radius 1 is 1.24 bits per heavy atom. The Balaban J connectivity index is 1.84. The second-order valence-corrected chi connectivity index (χ2v) is 6.77. The van der Waals surface area contributed by atoms with Gasteiger partial charge in [0, 0.05) is 17.4 Å². The van der Waals surface area contributed by atoms with Gasteiger partial charge in [-0.3, -0.25) is 4.79 Å². The summed E-state index contributed by atoms with van der Waals surface area (Å²) in [5.41, 5.74) is 2.48. The molecule has 2 unspecified atom stereocenters. The second-order valence-electron chi connectivity index (χ2n) is 6.77. The van der Waals surface area contributed by atoms with E-state index in [2.05, 4.69) is 0 Å². The van der Waals surface area contributed by atoms with Gasteiger partial charge in [0.2, 0.25) is 0 Å². The fraction of sp³-hybridized carbons (Fsp3) is 0.444. The molecule has 3 rings (SSSR count). The van der Waals surface area contributed by atoms with Gasteiger partial charge in [0.15, 0.2) is 5.78 Å². The summed E-state index contributed by atoms with van der Waals surface area (Å²) in [5, 5.41) is 0. The molecular weight excluding hydrogens is 264 g/mol. The van der Waals surface area contributed by atoms with E-state index in [9.17, 15) is 9.59 Å². The van der Waals surface area contributed by atoms with Crippen LogP contribution in [0.4, 0.5) is 0 Å². The van der Waals surface area contributed by atoms with Crippen LogP contribution in [-0.2, 0) is 9.53 Å². The van der Waals surface area contributed by atoms with E-state index in [1.807, 2.05) is 39.8 Å². The summed E-state index contributed by atoms with van der Waals surface area (Å²) in [6, 6.07) is 5.51. The van der Waals surface area contributed by atoms with Crippen LogP contribution < -0.4 is 0 Å². The first-order chi connectivity index (χ1) is 9.80. The first kappa shape index (κ1) is 14.1. The number of ether oxygens (including phenoxy) is 1. The monoisotopic (exact) mass is 284 g/mol. The van der Waals surface area contributed by atoms with E-state index in [0.717, 1.165) is 17.5 Å². The van der Waals surface area contributed by atoms with Crippen LogP contribution in [0.1, 0.15) is 41.8 Å². The van der Waals surface area contributed by atoms with Gasteiger partial charge in [-0.15, -0.1) is 0 Å². The van der Waals surface area contributed by atoms with Crippen molar-refractivity contribution in [3.8, 4) is 0 Å². The number of hydrogen-bond acceptors (Lipinski definition) is 3. The largest absolute Gasteiger partial charge is 0.427 e. The summed E-state index contributed by atoms with van der Waals surface area (Å²) in [6.45, 7) is 8.06. The minimum absolute atomic E-state index is 0.0993. The highest BCUT2D eigenvalue weighted by Gasteiger charge is 2.56. The number of aryl methyl sites for hydroxylation is 2. The molecule has 21 heavy (non-hydrogen) atoms. The number of carbonyl (C=O) groups excluding carboxylic acids is 2. The van der Waals surface area contributed by atoms with E-state index in [1.54, 1.807) is 6.07 Å². The SMILES string of the molecule is Cc1ccc(C(=O)OC2=CC(=O)C3CC3C2(C)C)cc1C. The molecule has 0 N–H and O–H groups in total. The third-order valence-corrected chi connectivity index (χ3v) is 4.94. The molecule has 1 fully saturated rings. The fourth-order valence-electron chi connectivity index (χ4n) is 3.10. The van der Waals surface area contributed by atoms with Gasteiger partial charge in [-0.25, -0.2) is 4.79 Å². The molecule has 1 aromatic carbocycles. The molecular formula is C18H20O3. The molecule has 0 saturated heterocycles. The molecule has 0 amide bonds. The van der Waals surface area contributed by atoms with Crippen molar-refractivity contribution in [1.82, 2.24) is 0 Å². The van der Waals surface area contributed by atoms with Crippen molar-refractivity contribution < 1.29 is 14.3 Å². The summed E-state index contributed by atoms with van der Waals surface area (Å²) in [7, 11) is 0. The summed E-state index contributed by atoms with van der Waals surface area (Å²) in [6.07, 6.45) is 2.43. The maximum atomic E-state index is 12.3. The molecule has 2 atom stereocenters. The third-order valence-electron chi connectivity index (χ3n) is 4.94. The average Bonchev–Trinajstić information content (AvgIpc) is 3.21. The van der Waals surface area contributed by atoms with E-state index in [4.69, 9.17) is 4.74 Å². The number of benzene rings is 1. The first-order valence-electron chi connectivity index (χ1n) is 7.36. The molecule has 1 aromatic rings. The van der Waals surface area contributed by atoms with Crippen molar-refractivity contribution in [2.24, 2.45) is 17.3 Å². The smallest absolute Gasteiger partial charge is 0.343 e. The van der Waals surface area contributed by atoms with Crippen LogP contribution in [0, 0.1) is 31.1 Å². The highest BCUT2D eigenvalue weighted by Crippen LogP contribution is 2.57. The van der Waals surface area contributed by atoms with Gasteiger partial charge in [0.25, 0.3) is 0 Å². The Morgan fingerprint density at radius 2 is 1.95 bits per heavy atom. The van der Waals surface area contributed by atoms with Crippen molar-refractivity contribution in [3.63, 3.8) is 0 Å². The van der Waals surface area contributed by atoms with Crippen LogP contribution in [0.5, 0.6) is 0 Å². The zero-order chi connectivity index (χ0) is 15.4. The van der Waals surface area contributed by atoms with Crippen molar-refractivity contribution in [1.29, 1.82) is 0 Å². The van der Waals surface area contributed by atoms with Gasteiger partial charge in [0.05, 0.1) is 5.56 Å². The minimum atomic E-state index is -0.385. The second kappa shape index (κ2) is 4.55. The maximum Gasteiger partial charge on any atom is 0.343 e. The molecule has 0 spiro atoms. The maximum absolute atomic E-state index is 12.3. The Hall–Kier alpha value is -1.90. The van der Waals surface area contributed by atoms with Gasteiger partial charge in [-0.2, -0.15) is 0 Å². The topological polar surface area (TPSA) is 43.4 Å². The van der Waals surface area contributed by atoms with Crippen molar-refractivity contribution >= 4 is 11.8 Å². The number of hydrogen-bond donors (Lipinski definition) is 0. The van der Waals surface area contributed by atoms with Crippen LogP contribution in [0.2, 0.25) is 0 Å². The Kier molecular flexibility index (Phi) is 3.05. The van der Waals surface area contributed by atoms with Gasteiger partial charge >= 0.3 is 5.97 Å². The number of allylic oxidation sites excluding steroid dienone is 2. The lowest BCUT2D eigenvalue weighted by Gasteiger charge is -2.30. The molecule has 1 saturated carbocycles. The lowest BCUT2D eigenvalue weighted by Crippen LogP contribution is -2.28. The highest BCUT2D eigenvalue weighted by atomic mass is 16.5. The third kappa shape index (κ3) is 2.31. The van der Waals surface area contributed by atoms with Crippen molar-refractivity contribution in [3.05, 3.63) is 46.7 Å². The Morgan fingerprint density at radius 3 is 2.62 bits per heavy atom. The van der Waals surface area contributed by atoms with Crippen molar-refractivity contribution in [2.45, 2.75) is 34.1 Å². The molecule has 0 aliphatic heterocycles. The number of ketones is 1. The van der Waals surface area contributed by atoms with Crippen LogP contribution >= 0.6 is 0 Å². The van der Waals surface area contributed by atoms with E-state index < -0.39 is 0 Å². The number of rotatable bonds is 2. The molecule has 110 valence electrons. The normalized spacial score (nSPS) is 25.9. The fourth-order valence-corrected chi connectivity index (χ4v) is 3.10. The van der Waals surface area contributed by atoms with E-state index in [1.165, 1.54) is 6.08 Å². The lowest BCUT2D eigenvalue weighted by molar-refractivity contribution is -0.117. The van der Waals surface area contributed by atoms with E-state index in [0.29, 0.717) is 17.2 Å². The van der Waals surface area contributed by atoms with Crippen LogP contribution in [-0.4, -0.2) is 11.8 Å². The van der Waals surface area contributed by atoms with Crippen LogP contribution in [0.25, 0.3) is 0 Å². The van der Waals surface area contributed by atoms with E-state index in [-0.39, 0.29) is 23.1 Å². The van der Waals surface area contributed by atoms with Crippen LogP contribution in [0.3, 0.4) is 0 Å². The van der Waals surface area contributed by atoms with Gasteiger partial charge in [-0.1, -0.05) is 19.9 Å². The molecule has 3 heteroatoms. The first-order valence-corrected chi connectivity index (χ1v) is 7.36. The molecule has 2 aliphatic rings. The van der Waals surface area contributed by atoms with E-state index >= 15 is 0 Å². The minimum Gasteiger partial charge on any atom is -0.427 e. The molecule has 0 bridgehead atoms. The van der Waals surface area contributed by atoms with Crippen molar-refractivity contribution in [2.75, 3.05) is 0 Å². The summed E-state index contributed by atoms with van der Waals surface area (Å²) < 4.78 is 5.56. The Bertz CT molecular complexity index is 667.